The third-order valence-electron chi connectivity index (χ3n) is 1.55. The lowest BCUT2D eigenvalue weighted by molar-refractivity contribution is -0.109. The van der Waals surface area contributed by atoms with Crippen LogP contribution in [0.4, 0.5) is 0 Å². The lowest BCUT2D eigenvalue weighted by Gasteiger charge is -1.99. The van der Waals surface area contributed by atoms with Gasteiger partial charge < -0.3 is 9.47 Å². The molecule has 0 amide bonds. The highest BCUT2D eigenvalue weighted by atomic mass is 16.5. The van der Waals surface area contributed by atoms with Gasteiger partial charge in [-0.05, 0) is 33.6 Å². The third-order valence-corrected chi connectivity index (χ3v) is 1.55. The summed E-state index contributed by atoms with van der Waals surface area (Å²) in [5.74, 6) is 6.10. The van der Waals surface area contributed by atoms with E-state index in [1.165, 1.54) is 6.08 Å². The first-order valence-corrected chi connectivity index (χ1v) is 5.26. The van der Waals surface area contributed by atoms with Crippen LogP contribution in [0.25, 0.3) is 0 Å². The normalized spacial score (nSPS) is 11.5. The standard InChI is InChI=1S/C13H18O3/c1-5-15-11(3)8-7-9-13(14)10-12(4)16-6-2/h8,10H,5-6H2,1-4H3/b11-8+,12-10+. The monoisotopic (exact) mass is 222 g/mol. The Balaban J connectivity index is 4.30. The van der Waals surface area contributed by atoms with Crippen molar-refractivity contribution in [3.05, 3.63) is 23.7 Å². The average Bonchev–Trinajstić information content (AvgIpc) is 2.18. The zero-order valence-electron chi connectivity index (χ0n) is 10.3. The van der Waals surface area contributed by atoms with E-state index < -0.39 is 0 Å². The lowest BCUT2D eigenvalue weighted by atomic mass is 10.3. The zero-order valence-corrected chi connectivity index (χ0v) is 10.3. The van der Waals surface area contributed by atoms with Crippen LogP contribution in [0, 0.1) is 11.8 Å². The van der Waals surface area contributed by atoms with Crippen molar-refractivity contribution in [2.75, 3.05) is 13.2 Å². The molecule has 0 aliphatic carbocycles. The Morgan fingerprint density at radius 1 is 1.12 bits per heavy atom. The van der Waals surface area contributed by atoms with Crippen molar-refractivity contribution in [2.24, 2.45) is 0 Å². The molecule has 16 heavy (non-hydrogen) atoms. The number of carbonyl (C=O) groups is 1. The first-order valence-electron chi connectivity index (χ1n) is 5.26. The van der Waals surface area contributed by atoms with Crippen LogP contribution in [0.15, 0.2) is 23.7 Å². The fourth-order valence-corrected chi connectivity index (χ4v) is 0.968. The van der Waals surface area contributed by atoms with Crippen molar-refractivity contribution < 1.29 is 14.3 Å². The van der Waals surface area contributed by atoms with Gasteiger partial charge in [0.1, 0.15) is 5.76 Å². The predicted molar refractivity (Wildman–Crippen MR) is 63.5 cm³/mol. The van der Waals surface area contributed by atoms with Crippen LogP contribution in [0.3, 0.4) is 0 Å². The minimum Gasteiger partial charge on any atom is -0.498 e. The summed E-state index contributed by atoms with van der Waals surface area (Å²) in [5.41, 5.74) is 0. The Kier molecular flexibility index (Phi) is 7.70. The quantitative estimate of drug-likeness (QED) is 0.310. The molecule has 0 heterocycles. The Bertz CT molecular complexity index is 340. The molecule has 0 aromatic rings. The first kappa shape index (κ1) is 14.3. The smallest absolute Gasteiger partial charge is 0.232 e. The molecule has 0 saturated carbocycles. The Morgan fingerprint density at radius 3 is 2.25 bits per heavy atom. The molecule has 0 aliphatic heterocycles. The van der Waals surface area contributed by atoms with Gasteiger partial charge in [0.05, 0.1) is 19.0 Å². The van der Waals surface area contributed by atoms with E-state index in [1.807, 2.05) is 13.8 Å². The van der Waals surface area contributed by atoms with E-state index in [4.69, 9.17) is 9.47 Å². The molecule has 3 nitrogen and oxygen atoms in total. The van der Waals surface area contributed by atoms with Crippen molar-refractivity contribution in [1.29, 1.82) is 0 Å². The second-order valence-electron chi connectivity index (χ2n) is 3.01. The number of hydrogen-bond donors (Lipinski definition) is 0. The van der Waals surface area contributed by atoms with Crippen molar-refractivity contribution in [2.45, 2.75) is 27.7 Å². The van der Waals surface area contributed by atoms with E-state index in [-0.39, 0.29) is 5.78 Å². The topological polar surface area (TPSA) is 35.5 Å². The van der Waals surface area contributed by atoms with E-state index in [9.17, 15) is 4.79 Å². The maximum absolute atomic E-state index is 11.3. The molecule has 0 atom stereocenters. The van der Waals surface area contributed by atoms with E-state index in [0.29, 0.717) is 24.7 Å². The van der Waals surface area contributed by atoms with Gasteiger partial charge >= 0.3 is 0 Å². The van der Waals surface area contributed by atoms with Crippen molar-refractivity contribution >= 4 is 5.78 Å². The molecule has 0 bridgehead atoms. The molecule has 0 N–H and O–H groups in total. The van der Waals surface area contributed by atoms with Crippen LogP contribution in [-0.2, 0) is 14.3 Å². The van der Waals surface area contributed by atoms with Crippen LogP contribution in [-0.4, -0.2) is 19.0 Å². The molecule has 0 aliphatic rings. The van der Waals surface area contributed by atoms with Gasteiger partial charge in [-0.1, -0.05) is 5.92 Å². The molecule has 0 aromatic heterocycles. The summed E-state index contributed by atoms with van der Waals surface area (Å²) in [6.45, 7) is 8.42. The van der Waals surface area contributed by atoms with Crippen LogP contribution >= 0.6 is 0 Å². The molecular formula is C13H18O3. The van der Waals surface area contributed by atoms with Crippen LogP contribution in [0.1, 0.15) is 27.7 Å². The predicted octanol–water partition coefficient (Wildman–Crippen LogP) is 2.44. The van der Waals surface area contributed by atoms with Crippen LogP contribution < -0.4 is 0 Å². The average molecular weight is 222 g/mol. The van der Waals surface area contributed by atoms with Crippen molar-refractivity contribution in [3.63, 3.8) is 0 Å². The third kappa shape index (κ3) is 7.69. The molecule has 0 saturated heterocycles. The first-order chi connectivity index (χ1) is 7.60. The van der Waals surface area contributed by atoms with E-state index in [0.717, 1.165) is 0 Å². The molecule has 0 spiro atoms. The number of hydrogen-bond acceptors (Lipinski definition) is 3. The van der Waals surface area contributed by atoms with Crippen molar-refractivity contribution in [3.8, 4) is 11.8 Å². The highest BCUT2D eigenvalue weighted by Crippen LogP contribution is 1.95. The fraction of sp³-hybridized carbons (Fsp3) is 0.462. The summed E-state index contributed by atoms with van der Waals surface area (Å²) in [4.78, 5) is 11.3. The minimum absolute atomic E-state index is 0.272. The lowest BCUT2D eigenvalue weighted by Crippen LogP contribution is -1.93. The van der Waals surface area contributed by atoms with Gasteiger partial charge in [0, 0.05) is 12.2 Å². The Labute approximate surface area is 97.1 Å². The van der Waals surface area contributed by atoms with Gasteiger partial charge in [-0.2, -0.15) is 0 Å². The highest BCUT2D eigenvalue weighted by molar-refractivity contribution is 6.04. The molecule has 0 rings (SSSR count). The fourth-order valence-electron chi connectivity index (χ4n) is 0.968. The van der Waals surface area contributed by atoms with Gasteiger partial charge in [-0.15, -0.1) is 0 Å². The second kappa shape index (κ2) is 8.60. The van der Waals surface area contributed by atoms with Crippen LogP contribution in [0.2, 0.25) is 0 Å². The summed E-state index contributed by atoms with van der Waals surface area (Å²) < 4.78 is 10.3. The minimum atomic E-state index is -0.272. The molecular weight excluding hydrogens is 204 g/mol. The Morgan fingerprint density at radius 2 is 1.69 bits per heavy atom. The summed E-state index contributed by atoms with van der Waals surface area (Å²) in [5, 5.41) is 0. The van der Waals surface area contributed by atoms with Gasteiger partial charge in [0.25, 0.3) is 0 Å². The largest absolute Gasteiger partial charge is 0.498 e. The summed E-state index contributed by atoms with van der Waals surface area (Å²) >= 11 is 0. The number of rotatable bonds is 5. The maximum atomic E-state index is 11.3. The summed E-state index contributed by atoms with van der Waals surface area (Å²) in [7, 11) is 0. The van der Waals surface area contributed by atoms with Gasteiger partial charge in [0.15, 0.2) is 0 Å². The second-order valence-corrected chi connectivity index (χ2v) is 3.01. The van der Waals surface area contributed by atoms with Gasteiger partial charge in [-0.25, -0.2) is 0 Å². The molecule has 0 fully saturated rings. The van der Waals surface area contributed by atoms with E-state index in [2.05, 4.69) is 11.8 Å². The molecule has 88 valence electrons. The molecule has 0 radical (unpaired) electrons. The van der Waals surface area contributed by atoms with E-state index >= 15 is 0 Å². The van der Waals surface area contributed by atoms with Gasteiger partial charge in [-0.3, -0.25) is 4.79 Å². The van der Waals surface area contributed by atoms with Gasteiger partial charge in [0.2, 0.25) is 5.78 Å². The number of ether oxygens (including phenoxy) is 2. The SMILES string of the molecule is CCO/C(C)=C/C#CC(=O)/C=C(\C)OCC. The molecule has 0 unspecified atom stereocenters. The summed E-state index contributed by atoms with van der Waals surface area (Å²) in [6.07, 6.45) is 2.95. The van der Waals surface area contributed by atoms with Crippen LogP contribution in [0.5, 0.6) is 0 Å². The molecule has 0 aromatic carbocycles. The molecule has 3 heteroatoms. The number of carbonyl (C=O) groups excluding carboxylic acids is 1. The van der Waals surface area contributed by atoms with E-state index in [1.54, 1.807) is 19.9 Å². The zero-order chi connectivity index (χ0) is 12.4. The highest BCUT2D eigenvalue weighted by Gasteiger charge is 1.93. The van der Waals surface area contributed by atoms with Crippen molar-refractivity contribution in [1.82, 2.24) is 0 Å². The Hall–Kier alpha value is -1.69. The number of ketones is 1. The maximum Gasteiger partial charge on any atom is 0.232 e. The summed E-state index contributed by atoms with van der Waals surface area (Å²) in [6, 6.07) is 0. The number of allylic oxidation sites excluding steroid dienone is 4.